The highest BCUT2D eigenvalue weighted by Gasteiger charge is 2.38. The van der Waals surface area contributed by atoms with Gasteiger partial charge in [-0.15, -0.1) is 11.3 Å². The zero-order valence-electron chi connectivity index (χ0n) is 34.4. The molecule has 4 heterocycles. The van der Waals surface area contributed by atoms with Crippen molar-refractivity contribution in [1.82, 2.24) is 40.4 Å². The summed E-state index contributed by atoms with van der Waals surface area (Å²) in [5.74, 6) is 0.801. The average molecular weight is 811 g/mol. The number of fused-ring (bicyclic) bond motifs is 1. The van der Waals surface area contributed by atoms with Gasteiger partial charge < -0.3 is 39.9 Å². The number of thiophene rings is 1. The first-order valence-corrected chi connectivity index (χ1v) is 20.8. The Balaban J connectivity index is 1.19. The van der Waals surface area contributed by atoms with Crippen molar-refractivity contribution < 1.29 is 28.7 Å². The number of aromatic nitrogens is 4. The Labute approximate surface area is 343 Å². The number of benzene rings is 2. The van der Waals surface area contributed by atoms with Crippen molar-refractivity contribution in [2.45, 2.75) is 85.0 Å². The third-order valence-electron chi connectivity index (χ3n) is 10.8. The van der Waals surface area contributed by atoms with E-state index in [0.717, 1.165) is 68.8 Å². The quantitative estimate of drug-likeness (QED) is 0.0871. The highest BCUT2D eigenvalue weighted by molar-refractivity contribution is 7.17. The number of H-pyrrole nitrogens is 2. The molecule has 15 heteroatoms. The van der Waals surface area contributed by atoms with Crippen LogP contribution in [0.5, 0.6) is 0 Å². The molecule has 4 atom stereocenters. The summed E-state index contributed by atoms with van der Waals surface area (Å²) in [7, 11) is 2.58. The first kappa shape index (κ1) is 41.9. The molecule has 5 aromatic rings. The van der Waals surface area contributed by atoms with E-state index in [-0.39, 0.29) is 35.7 Å². The van der Waals surface area contributed by atoms with Gasteiger partial charge in [-0.05, 0) is 66.2 Å². The zero-order valence-corrected chi connectivity index (χ0v) is 35.2. The molecule has 1 aliphatic rings. The number of nitrogens with one attached hydrogen (secondary N) is 4. The number of nitrogens with zero attached hydrogens (tertiary/aromatic N) is 4. The van der Waals surface area contributed by atoms with Crippen LogP contribution in [-0.2, 0) is 19.1 Å². The molecule has 4 N–H and O–H groups in total. The van der Waals surface area contributed by atoms with Crippen molar-refractivity contribution in [3.8, 4) is 33.6 Å². The number of hydrogen-bond acceptors (Lipinski definition) is 9. The van der Waals surface area contributed by atoms with E-state index < -0.39 is 24.3 Å². The molecule has 0 aliphatic carbocycles. The van der Waals surface area contributed by atoms with Crippen molar-refractivity contribution in [3.63, 3.8) is 0 Å². The largest absolute Gasteiger partial charge is 0.453 e. The summed E-state index contributed by atoms with van der Waals surface area (Å²) in [4.78, 5) is 71.4. The lowest BCUT2D eigenvalue weighted by molar-refractivity contribution is -0.137. The number of alkyl carbamates (subject to hydrolysis) is 2. The molecule has 6 rings (SSSR count). The van der Waals surface area contributed by atoms with Gasteiger partial charge >= 0.3 is 12.2 Å². The minimum atomic E-state index is -0.730. The second kappa shape index (κ2) is 18.3. The van der Waals surface area contributed by atoms with Crippen molar-refractivity contribution in [2.75, 3.05) is 27.3 Å². The first-order valence-electron chi connectivity index (χ1n) is 19.9. The summed E-state index contributed by atoms with van der Waals surface area (Å²) in [6, 6.07) is 12.7. The topological polar surface area (TPSA) is 175 Å². The van der Waals surface area contributed by atoms with Gasteiger partial charge in [-0.3, -0.25) is 9.59 Å². The highest BCUT2D eigenvalue weighted by atomic mass is 32.1. The lowest BCUT2D eigenvalue weighted by atomic mass is 9.97. The van der Waals surface area contributed by atoms with Crippen molar-refractivity contribution in [3.05, 3.63) is 71.9 Å². The molecule has 0 radical (unpaired) electrons. The fraction of sp³-hybridized carbons (Fsp3) is 0.442. The molecule has 0 bridgehead atoms. The van der Waals surface area contributed by atoms with Crippen molar-refractivity contribution >= 4 is 45.4 Å². The van der Waals surface area contributed by atoms with Gasteiger partial charge in [0.1, 0.15) is 23.7 Å². The highest BCUT2D eigenvalue weighted by Crippen LogP contribution is 2.40. The molecule has 1 aliphatic heterocycles. The van der Waals surface area contributed by atoms with E-state index in [0.29, 0.717) is 18.9 Å². The van der Waals surface area contributed by atoms with Crippen LogP contribution < -0.4 is 10.6 Å². The van der Waals surface area contributed by atoms with Gasteiger partial charge in [0.25, 0.3) is 0 Å². The van der Waals surface area contributed by atoms with Gasteiger partial charge in [-0.1, -0.05) is 71.0 Å². The summed E-state index contributed by atoms with van der Waals surface area (Å²) in [6.07, 6.45) is 4.72. The maximum atomic E-state index is 13.7. The predicted molar refractivity (Wildman–Crippen MR) is 225 cm³/mol. The summed E-state index contributed by atoms with van der Waals surface area (Å²) < 4.78 is 10.7. The van der Waals surface area contributed by atoms with Gasteiger partial charge in [0.2, 0.25) is 11.8 Å². The van der Waals surface area contributed by atoms with E-state index in [2.05, 4.69) is 73.4 Å². The molecule has 308 valence electrons. The standard InChI is InChI=1S/C43H54N8O6S/c1-9-19-50(40(52)35(24(2)3)48-42(54)56-7)26(6)38-44-22-32(46-38)28-14-12-27(13-15-28)29-16-17-31(37-30(29)18-21-58-37)33-23-45-39(47-33)34-11-10-20-51(34)41(53)36(25(4)5)49-43(55)57-8/h12-18,21-26,34-36H,9-11,19-20H2,1-8H3,(H,44,46)(H,45,47)(H,48,54)(H,49,55). The fourth-order valence-corrected chi connectivity index (χ4v) is 8.60. The molecule has 4 amide bonds. The lowest BCUT2D eigenvalue weighted by Gasteiger charge is -2.33. The van der Waals surface area contributed by atoms with Crippen LogP contribution in [0.1, 0.15) is 84.5 Å². The van der Waals surface area contributed by atoms with E-state index >= 15 is 0 Å². The SMILES string of the molecule is CCCN(C(=O)C(NC(=O)OC)C(C)C)C(C)c1ncc(-c2ccc(-c3ccc(-c4cnc(C5CCCN5C(=O)C(NC(=O)OC)C(C)C)[nH]4)c4sccc34)cc2)[nH]1. The van der Waals surface area contributed by atoms with Gasteiger partial charge in [-0.2, -0.15) is 0 Å². The molecular formula is C43H54N8O6S. The number of carbonyl (C=O) groups is 4. The Morgan fingerprint density at radius 1 is 0.845 bits per heavy atom. The monoisotopic (exact) mass is 810 g/mol. The molecule has 0 spiro atoms. The van der Waals surface area contributed by atoms with Gasteiger partial charge in [-0.25, -0.2) is 19.6 Å². The fourth-order valence-electron chi connectivity index (χ4n) is 7.65. The summed E-state index contributed by atoms with van der Waals surface area (Å²) in [5.41, 5.74) is 5.86. The maximum Gasteiger partial charge on any atom is 0.407 e. The van der Waals surface area contributed by atoms with Crippen LogP contribution in [0.3, 0.4) is 0 Å². The molecule has 1 saturated heterocycles. The van der Waals surface area contributed by atoms with E-state index in [4.69, 9.17) is 14.5 Å². The van der Waals surface area contributed by atoms with Gasteiger partial charge in [0, 0.05) is 28.7 Å². The molecule has 14 nitrogen and oxygen atoms in total. The Morgan fingerprint density at radius 2 is 1.48 bits per heavy atom. The van der Waals surface area contributed by atoms with Crippen LogP contribution in [0.25, 0.3) is 43.7 Å². The zero-order chi connectivity index (χ0) is 41.7. The molecule has 0 saturated carbocycles. The van der Waals surface area contributed by atoms with Crippen LogP contribution in [-0.4, -0.2) is 93.1 Å². The van der Waals surface area contributed by atoms with E-state index in [9.17, 15) is 19.2 Å². The van der Waals surface area contributed by atoms with Crippen LogP contribution in [0, 0.1) is 11.8 Å². The van der Waals surface area contributed by atoms with Crippen molar-refractivity contribution in [2.24, 2.45) is 11.8 Å². The summed E-state index contributed by atoms with van der Waals surface area (Å²) >= 11 is 1.67. The second-order valence-electron chi connectivity index (χ2n) is 15.4. The minimum absolute atomic E-state index is 0.114. The Hall–Kier alpha value is -5.70. The smallest absolute Gasteiger partial charge is 0.407 e. The number of imidazole rings is 2. The number of hydrogen-bond donors (Lipinski definition) is 4. The van der Waals surface area contributed by atoms with E-state index in [1.54, 1.807) is 22.4 Å². The summed E-state index contributed by atoms with van der Waals surface area (Å²) in [6.45, 7) is 12.6. The minimum Gasteiger partial charge on any atom is -0.453 e. The average Bonchev–Trinajstić information content (AvgIpc) is 4.07. The van der Waals surface area contributed by atoms with Crippen LogP contribution >= 0.6 is 11.3 Å². The Morgan fingerprint density at radius 3 is 2.14 bits per heavy atom. The first-order chi connectivity index (χ1) is 27.9. The Bertz CT molecular complexity index is 2230. The molecule has 58 heavy (non-hydrogen) atoms. The van der Waals surface area contributed by atoms with Crippen molar-refractivity contribution in [1.29, 1.82) is 0 Å². The maximum absolute atomic E-state index is 13.7. The van der Waals surface area contributed by atoms with E-state index in [1.165, 1.54) is 14.2 Å². The predicted octanol–water partition coefficient (Wildman–Crippen LogP) is 8.07. The third-order valence-corrected chi connectivity index (χ3v) is 11.8. The number of ether oxygens (including phenoxy) is 2. The normalized spacial score (nSPS) is 15.7. The lowest BCUT2D eigenvalue weighted by Crippen LogP contribution is -2.52. The van der Waals surface area contributed by atoms with Crippen LogP contribution in [0.2, 0.25) is 0 Å². The molecule has 1 fully saturated rings. The Kier molecular flexibility index (Phi) is 13.2. The van der Waals surface area contributed by atoms with Gasteiger partial charge in [0.05, 0.1) is 50.1 Å². The number of rotatable bonds is 14. The number of aromatic amines is 2. The number of amides is 4. The summed E-state index contributed by atoms with van der Waals surface area (Å²) in [5, 5.41) is 8.62. The number of carbonyl (C=O) groups excluding carboxylic acids is 4. The van der Waals surface area contributed by atoms with Crippen LogP contribution in [0.15, 0.2) is 60.2 Å². The third kappa shape index (κ3) is 8.74. The molecule has 4 unspecified atom stereocenters. The molecule has 3 aromatic heterocycles. The van der Waals surface area contributed by atoms with Gasteiger partial charge in [0.15, 0.2) is 0 Å². The molecular weight excluding hydrogens is 757 g/mol. The molecule has 2 aromatic carbocycles. The van der Waals surface area contributed by atoms with E-state index in [1.807, 2.05) is 52.6 Å². The number of likely N-dealkylation sites (tertiary alicyclic amines) is 1. The second-order valence-corrected chi connectivity index (χ2v) is 16.3. The van der Waals surface area contributed by atoms with Crippen LogP contribution in [0.4, 0.5) is 9.59 Å². The number of methoxy groups -OCH3 is 2.